The first-order valence-corrected chi connectivity index (χ1v) is 10.3. The van der Waals surface area contributed by atoms with Gasteiger partial charge in [0.2, 0.25) is 5.91 Å². The molecule has 1 atom stereocenters. The third-order valence-corrected chi connectivity index (χ3v) is 5.92. The van der Waals surface area contributed by atoms with Crippen LogP contribution in [0.15, 0.2) is 36.8 Å². The molecule has 0 unspecified atom stereocenters. The fourth-order valence-electron chi connectivity index (χ4n) is 4.11. The van der Waals surface area contributed by atoms with Crippen LogP contribution in [-0.2, 0) is 17.9 Å². The molecule has 4 rings (SSSR count). The number of carbonyl (C=O) groups is 1. The molecule has 0 radical (unpaired) electrons. The number of benzene rings is 1. The molecule has 2 aliphatic rings. The van der Waals surface area contributed by atoms with Gasteiger partial charge in [-0.3, -0.25) is 9.69 Å². The highest BCUT2D eigenvalue weighted by molar-refractivity contribution is 5.77. The molecule has 150 valence electrons. The molecule has 28 heavy (non-hydrogen) atoms. The van der Waals surface area contributed by atoms with Crippen LogP contribution in [0.4, 0.5) is 4.39 Å². The topological polar surface area (TPSA) is 41.4 Å². The zero-order chi connectivity index (χ0) is 19.7. The molecule has 1 aromatic heterocycles. The zero-order valence-corrected chi connectivity index (χ0v) is 16.7. The number of aromatic nitrogens is 2. The number of halogens is 1. The van der Waals surface area contributed by atoms with Gasteiger partial charge in [0.15, 0.2) is 0 Å². The maximum atomic E-state index is 13.2. The minimum Gasteiger partial charge on any atom is -0.334 e. The average Bonchev–Trinajstić information content (AvgIpc) is 3.43. The van der Waals surface area contributed by atoms with E-state index in [1.54, 1.807) is 12.1 Å². The van der Waals surface area contributed by atoms with Gasteiger partial charge in [0, 0.05) is 50.9 Å². The SMILES string of the molecule is CC(C)[C@@H]1CN(Cc2cncn2C2CC2)CCC(=O)N1Cc1ccc(F)cc1. The molecule has 0 N–H and O–H groups in total. The number of nitrogens with zero attached hydrogens (tertiary/aromatic N) is 4. The Kier molecular flexibility index (Phi) is 5.49. The second-order valence-corrected chi connectivity index (χ2v) is 8.47. The minimum absolute atomic E-state index is 0.136. The summed E-state index contributed by atoms with van der Waals surface area (Å²) in [5, 5.41) is 0. The molecule has 1 saturated carbocycles. The Morgan fingerprint density at radius 3 is 2.61 bits per heavy atom. The first kappa shape index (κ1) is 19.1. The maximum absolute atomic E-state index is 13.2. The predicted octanol–water partition coefficient (Wildman–Crippen LogP) is 3.62. The van der Waals surface area contributed by atoms with Crippen LogP contribution >= 0.6 is 0 Å². The van der Waals surface area contributed by atoms with Crippen molar-refractivity contribution in [1.82, 2.24) is 19.4 Å². The number of amides is 1. The van der Waals surface area contributed by atoms with E-state index in [9.17, 15) is 9.18 Å². The Morgan fingerprint density at radius 1 is 1.18 bits per heavy atom. The molecule has 1 aliphatic heterocycles. The fraction of sp³-hybridized carbons (Fsp3) is 0.545. The van der Waals surface area contributed by atoms with Crippen molar-refractivity contribution in [3.63, 3.8) is 0 Å². The monoisotopic (exact) mass is 384 g/mol. The first-order chi connectivity index (χ1) is 13.5. The van der Waals surface area contributed by atoms with Crippen LogP contribution in [0.2, 0.25) is 0 Å². The molecule has 1 saturated heterocycles. The van der Waals surface area contributed by atoms with Gasteiger partial charge in [-0.25, -0.2) is 9.37 Å². The van der Waals surface area contributed by atoms with Crippen LogP contribution in [0, 0.1) is 11.7 Å². The van der Waals surface area contributed by atoms with Gasteiger partial charge in [0.1, 0.15) is 5.82 Å². The third kappa shape index (κ3) is 4.27. The molecule has 6 heteroatoms. The maximum Gasteiger partial charge on any atom is 0.224 e. The molecule has 0 spiro atoms. The average molecular weight is 384 g/mol. The normalized spacial score (nSPS) is 21.4. The van der Waals surface area contributed by atoms with Crippen molar-refractivity contribution in [2.45, 2.75) is 58.3 Å². The first-order valence-electron chi connectivity index (χ1n) is 10.3. The van der Waals surface area contributed by atoms with Crippen molar-refractivity contribution >= 4 is 5.91 Å². The van der Waals surface area contributed by atoms with Crippen molar-refractivity contribution in [1.29, 1.82) is 0 Å². The summed E-state index contributed by atoms with van der Waals surface area (Å²) in [6.45, 7) is 7.33. The number of imidazole rings is 1. The summed E-state index contributed by atoms with van der Waals surface area (Å²) >= 11 is 0. The zero-order valence-electron chi connectivity index (χ0n) is 16.7. The highest BCUT2D eigenvalue weighted by atomic mass is 19.1. The van der Waals surface area contributed by atoms with Crippen molar-refractivity contribution in [2.24, 2.45) is 5.92 Å². The van der Waals surface area contributed by atoms with E-state index in [2.05, 4.69) is 28.3 Å². The molecule has 1 aromatic carbocycles. The quantitative estimate of drug-likeness (QED) is 0.764. The lowest BCUT2D eigenvalue weighted by molar-refractivity contribution is -0.134. The number of carbonyl (C=O) groups excluding carboxylic acids is 1. The van der Waals surface area contributed by atoms with Crippen molar-refractivity contribution in [3.05, 3.63) is 53.9 Å². The second-order valence-electron chi connectivity index (χ2n) is 8.47. The highest BCUT2D eigenvalue weighted by Crippen LogP contribution is 2.36. The van der Waals surface area contributed by atoms with Crippen LogP contribution in [0.5, 0.6) is 0 Å². The van der Waals surface area contributed by atoms with E-state index in [0.29, 0.717) is 24.9 Å². The predicted molar refractivity (Wildman–Crippen MR) is 106 cm³/mol. The van der Waals surface area contributed by atoms with E-state index in [-0.39, 0.29) is 17.8 Å². The van der Waals surface area contributed by atoms with Gasteiger partial charge >= 0.3 is 0 Å². The Hall–Kier alpha value is -2.21. The minimum atomic E-state index is -0.246. The molecule has 2 heterocycles. The van der Waals surface area contributed by atoms with Gasteiger partial charge in [-0.05, 0) is 36.5 Å². The van der Waals surface area contributed by atoms with E-state index in [4.69, 9.17) is 0 Å². The molecular formula is C22H29FN4O. The van der Waals surface area contributed by atoms with Crippen molar-refractivity contribution in [2.75, 3.05) is 13.1 Å². The molecule has 1 aliphatic carbocycles. The lowest BCUT2D eigenvalue weighted by atomic mass is 10.0. The Balaban J connectivity index is 1.50. The summed E-state index contributed by atoms with van der Waals surface area (Å²) in [6, 6.07) is 7.23. The molecular weight excluding hydrogens is 355 g/mol. The lowest BCUT2D eigenvalue weighted by Gasteiger charge is -2.35. The molecule has 5 nitrogen and oxygen atoms in total. The number of rotatable bonds is 6. The number of hydrogen-bond donors (Lipinski definition) is 0. The summed E-state index contributed by atoms with van der Waals surface area (Å²) in [4.78, 5) is 21.7. The summed E-state index contributed by atoms with van der Waals surface area (Å²) in [6.07, 6.45) is 6.90. The molecule has 1 amide bonds. The smallest absolute Gasteiger partial charge is 0.224 e. The van der Waals surface area contributed by atoms with E-state index >= 15 is 0 Å². The van der Waals surface area contributed by atoms with Gasteiger partial charge in [-0.2, -0.15) is 0 Å². The van der Waals surface area contributed by atoms with E-state index in [1.807, 2.05) is 17.4 Å². The second kappa shape index (κ2) is 8.03. The van der Waals surface area contributed by atoms with Gasteiger partial charge in [-0.1, -0.05) is 26.0 Å². The fourth-order valence-corrected chi connectivity index (χ4v) is 4.11. The van der Waals surface area contributed by atoms with Crippen LogP contribution in [0.25, 0.3) is 0 Å². The summed E-state index contributed by atoms with van der Waals surface area (Å²) in [5.41, 5.74) is 2.21. The largest absolute Gasteiger partial charge is 0.334 e. The Bertz CT molecular complexity index is 812. The third-order valence-electron chi connectivity index (χ3n) is 5.92. The van der Waals surface area contributed by atoms with Gasteiger partial charge in [0.05, 0.1) is 12.0 Å². The van der Waals surface area contributed by atoms with Crippen LogP contribution < -0.4 is 0 Å². The standard InChI is InChI=1S/C22H29FN4O/c1-16(2)21-14-25(13-20-11-24-15-27(20)19-7-8-19)10-9-22(28)26(21)12-17-3-5-18(23)6-4-17/h3-6,11,15-16,19,21H,7-10,12-14H2,1-2H3/t21-/m0/s1. The van der Waals surface area contributed by atoms with Crippen molar-refractivity contribution < 1.29 is 9.18 Å². The van der Waals surface area contributed by atoms with Gasteiger partial charge in [-0.15, -0.1) is 0 Å². The lowest BCUT2D eigenvalue weighted by Crippen LogP contribution is -2.45. The van der Waals surface area contributed by atoms with E-state index in [0.717, 1.165) is 25.2 Å². The highest BCUT2D eigenvalue weighted by Gasteiger charge is 2.32. The van der Waals surface area contributed by atoms with Gasteiger partial charge < -0.3 is 9.47 Å². The number of hydrogen-bond acceptors (Lipinski definition) is 3. The molecule has 2 fully saturated rings. The summed E-state index contributed by atoms with van der Waals surface area (Å²) < 4.78 is 15.5. The van der Waals surface area contributed by atoms with Crippen LogP contribution in [0.3, 0.4) is 0 Å². The van der Waals surface area contributed by atoms with Crippen LogP contribution in [0.1, 0.15) is 50.4 Å². The summed E-state index contributed by atoms with van der Waals surface area (Å²) in [5.74, 6) is 0.282. The Labute approximate surface area is 166 Å². The van der Waals surface area contributed by atoms with E-state index in [1.165, 1.54) is 30.7 Å². The van der Waals surface area contributed by atoms with E-state index < -0.39 is 0 Å². The van der Waals surface area contributed by atoms with Gasteiger partial charge in [0.25, 0.3) is 0 Å². The van der Waals surface area contributed by atoms with Crippen LogP contribution in [-0.4, -0.2) is 44.4 Å². The molecule has 2 aromatic rings. The Morgan fingerprint density at radius 2 is 1.93 bits per heavy atom. The molecule has 0 bridgehead atoms. The summed E-state index contributed by atoms with van der Waals surface area (Å²) in [7, 11) is 0. The van der Waals surface area contributed by atoms with Crippen molar-refractivity contribution in [3.8, 4) is 0 Å².